The predicted molar refractivity (Wildman–Crippen MR) is 105 cm³/mol. The Balaban J connectivity index is 1.97. The van der Waals surface area contributed by atoms with E-state index in [9.17, 15) is 5.11 Å². The SMILES string of the molecule is CC(C)[C@@]12C[C@@H](O[Si](C)(C)C(C)(C)C)[C@@](C)(O)[C@@H]3CC[C@@H](C)[C@H]3[C@@H]1O2. The van der Waals surface area contributed by atoms with Crippen molar-refractivity contribution in [2.24, 2.45) is 23.7 Å². The molecule has 3 nitrogen and oxygen atoms in total. The molecule has 1 saturated heterocycles. The summed E-state index contributed by atoms with van der Waals surface area (Å²) in [5, 5.41) is 11.9. The van der Waals surface area contributed by atoms with Gasteiger partial charge in [-0.3, -0.25) is 0 Å². The fourth-order valence-electron chi connectivity index (χ4n) is 5.31. The van der Waals surface area contributed by atoms with Gasteiger partial charge in [0.05, 0.1) is 23.4 Å². The van der Waals surface area contributed by atoms with E-state index in [1.807, 2.05) is 0 Å². The third kappa shape index (κ3) is 2.96. The predicted octanol–water partition coefficient (Wildman–Crippen LogP) is 4.99. The number of epoxide rings is 1. The third-order valence-corrected chi connectivity index (χ3v) is 12.8. The summed E-state index contributed by atoms with van der Waals surface area (Å²) in [6, 6.07) is 0. The van der Waals surface area contributed by atoms with Gasteiger partial charge in [-0.2, -0.15) is 0 Å². The average molecular weight is 369 g/mol. The second-order valence-electron chi connectivity index (χ2n) is 11.2. The number of ether oxygens (including phenoxy) is 1. The van der Waals surface area contributed by atoms with Crippen LogP contribution in [0.15, 0.2) is 0 Å². The topological polar surface area (TPSA) is 42.0 Å². The first-order valence-electron chi connectivity index (χ1n) is 10.3. The maximum atomic E-state index is 11.7. The lowest BCUT2D eigenvalue weighted by Gasteiger charge is -2.46. The zero-order valence-corrected chi connectivity index (χ0v) is 18.8. The molecule has 1 N–H and O–H groups in total. The van der Waals surface area contributed by atoms with Crippen LogP contribution in [0.1, 0.15) is 67.7 Å². The van der Waals surface area contributed by atoms with Crippen LogP contribution in [0.5, 0.6) is 0 Å². The van der Waals surface area contributed by atoms with Crippen LogP contribution in [0.4, 0.5) is 0 Å². The highest BCUT2D eigenvalue weighted by Gasteiger charge is 2.70. The zero-order chi connectivity index (χ0) is 19.0. The molecule has 3 aliphatic rings. The minimum atomic E-state index is -1.96. The Morgan fingerprint density at radius 1 is 1.20 bits per heavy atom. The van der Waals surface area contributed by atoms with Crippen molar-refractivity contribution in [1.29, 1.82) is 0 Å². The molecule has 2 saturated carbocycles. The minimum absolute atomic E-state index is 0.0883. The van der Waals surface area contributed by atoms with Crippen molar-refractivity contribution in [2.45, 2.75) is 109 Å². The van der Waals surface area contributed by atoms with Crippen LogP contribution in [-0.2, 0) is 9.16 Å². The molecule has 3 fully saturated rings. The van der Waals surface area contributed by atoms with Gasteiger partial charge in [-0.15, -0.1) is 0 Å². The first-order valence-corrected chi connectivity index (χ1v) is 13.2. The highest BCUT2D eigenvalue weighted by Crippen LogP contribution is 2.63. The maximum absolute atomic E-state index is 11.7. The highest BCUT2D eigenvalue weighted by molar-refractivity contribution is 6.74. The standard InChI is InChI=1S/C21H40O3Si/c1-13(2)21-12-16(24-25(8,9)19(4,5)6)20(7,22)15-11-10-14(3)17(15)18(21)23-21/h13-18,22H,10-12H2,1-9H3/t14-,15-,16-,17-,18+,20+,21+/m1/s1. The van der Waals surface area contributed by atoms with E-state index in [2.05, 4.69) is 61.6 Å². The average Bonchev–Trinajstić information content (AvgIpc) is 3.03. The van der Waals surface area contributed by atoms with Crippen LogP contribution in [0, 0.1) is 23.7 Å². The molecule has 0 bridgehead atoms. The number of rotatable bonds is 3. The first kappa shape index (κ1) is 19.8. The molecule has 0 radical (unpaired) electrons. The van der Waals surface area contributed by atoms with Gasteiger partial charge in [-0.1, -0.05) is 41.5 Å². The summed E-state index contributed by atoms with van der Waals surface area (Å²) >= 11 is 0. The lowest BCUT2D eigenvalue weighted by atomic mass is 9.76. The van der Waals surface area contributed by atoms with E-state index in [1.165, 1.54) is 6.42 Å². The van der Waals surface area contributed by atoms with Crippen molar-refractivity contribution >= 4 is 8.32 Å². The van der Waals surface area contributed by atoms with Gasteiger partial charge in [-0.05, 0) is 61.6 Å². The molecule has 2 aliphatic carbocycles. The summed E-state index contributed by atoms with van der Waals surface area (Å²) in [6.07, 6.45) is 3.33. The van der Waals surface area contributed by atoms with E-state index < -0.39 is 13.9 Å². The monoisotopic (exact) mass is 368 g/mol. The van der Waals surface area contributed by atoms with Crippen molar-refractivity contribution in [2.75, 3.05) is 0 Å². The molecule has 0 unspecified atom stereocenters. The van der Waals surface area contributed by atoms with Crippen LogP contribution in [-0.4, -0.2) is 36.8 Å². The van der Waals surface area contributed by atoms with Crippen molar-refractivity contribution in [1.82, 2.24) is 0 Å². The van der Waals surface area contributed by atoms with E-state index in [0.29, 0.717) is 29.8 Å². The summed E-state index contributed by atoms with van der Waals surface area (Å²) in [4.78, 5) is 0. The largest absolute Gasteiger partial charge is 0.411 e. The number of aliphatic hydroxyl groups is 1. The lowest BCUT2D eigenvalue weighted by Crippen LogP contribution is -2.55. The van der Waals surface area contributed by atoms with E-state index in [0.717, 1.165) is 12.8 Å². The molecule has 1 aliphatic heterocycles. The third-order valence-electron chi connectivity index (χ3n) is 8.30. The molecule has 0 aromatic rings. The van der Waals surface area contributed by atoms with E-state index >= 15 is 0 Å². The summed E-state index contributed by atoms with van der Waals surface area (Å²) in [6.45, 7) is 20.4. The normalized spacial score (nSPS) is 47.4. The van der Waals surface area contributed by atoms with Gasteiger partial charge in [0.1, 0.15) is 0 Å². The molecule has 7 atom stereocenters. The molecule has 0 aromatic heterocycles. The van der Waals surface area contributed by atoms with Gasteiger partial charge in [0.15, 0.2) is 8.32 Å². The van der Waals surface area contributed by atoms with E-state index in [4.69, 9.17) is 9.16 Å². The Kier molecular flexibility index (Phi) is 4.60. The van der Waals surface area contributed by atoms with Gasteiger partial charge < -0.3 is 14.3 Å². The van der Waals surface area contributed by atoms with Crippen LogP contribution in [0.2, 0.25) is 18.1 Å². The summed E-state index contributed by atoms with van der Waals surface area (Å²) < 4.78 is 13.3. The first-order chi connectivity index (χ1) is 11.2. The van der Waals surface area contributed by atoms with Gasteiger partial charge in [-0.25, -0.2) is 0 Å². The van der Waals surface area contributed by atoms with Gasteiger partial charge in [0.25, 0.3) is 0 Å². The molecule has 4 heteroatoms. The van der Waals surface area contributed by atoms with Crippen LogP contribution in [0.3, 0.4) is 0 Å². The Morgan fingerprint density at radius 3 is 2.32 bits per heavy atom. The van der Waals surface area contributed by atoms with Crippen LogP contribution in [0.25, 0.3) is 0 Å². The summed E-state index contributed by atoms with van der Waals surface area (Å²) in [5.41, 5.74) is -0.849. The Bertz CT molecular complexity index is 522. The second-order valence-corrected chi connectivity index (χ2v) is 15.9. The Hall–Kier alpha value is 0.0969. The molecule has 0 spiro atoms. The minimum Gasteiger partial charge on any atom is -0.411 e. The molecular weight excluding hydrogens is 328 g/mol. The molecule has 0 aromatic carbocycles. The fourth-order valence-corrected chi connectivity index (χ4v) is 6.70. The molecule has 3 rings (SSSR count). The van der Waals surface area contributed by atoms with E-state index in [-0.39, 0.29) is 16.7 Å². The van der Waals surface area contributed by atoms with Crippen LogP contribution < -0.4 is 0 Å². The van der Waals surface area contributed by atoms with Gasteiger partial charge in [0, 0.05) is 6.42 Å². The van der Waals surface area contributed by atoms with Crippen molar-refractivity contribution in [3.05, 3.63) is 0 Å². The quantitative estimate of drug-likeness (QED) is 0.564. The molecule has 0 amide bonds. The molecule has 25 heavy (non-hydrogen) atoms. The Labute approximate surface area is 156 Å². The van der Waals surface area contributed by atoms with Crippen molar-refractivity contribution in [3.8, 4) is 0 Å². The number of hydrogen-bond donors (Lipinski definition) is 1. The molecule has 1 heterocycles. The highest BCUT2D eigenvalue weighted by atomic mass is 28.4. The summed E-state index contributed by atoms with van der Waals surface area (Å²) in [7, 11) is -1.96. The fraction of sp³-hybridized carbons (Fsp3) is 1.00. The smallest absolute Gasteiger partial charge is 0.192 e. The van der Waals surface area contributed by atoms with E-state index in [1.54, 1.807) is 0 Å². The molecule has 146 valence electrons. The van der Waals surface area contributed by atoms with Gasteiger partial charge >= 0.3 is 0 Å². The van der Waals surface area contributed by atoms with Gasteiger partial charge in [0.2, 0.25) is 0 Å². The Morgan fingerprint density at radius 2 is 1.80 bits per heavy atom. The maximum Gasteiger partial charge on any atom is 0.192 e. The molecular formula is C21H40O3Si. The lowest BCUT2D eigenvalue weighted by molar-refractivity contribution is -0.115. The number of fused-ring (bicyclic) bond motifs is 3. The van der Waals surface area contributed by atoms with Crippen molar-refractivity contribution < 1.29 is 14.3 Å². The second kappa shape index (κ2) is 5.80. The van der Waals surface area contributed by atoms with Crippen LogP contribution >= 0.6 is 0 Å². The van der Waals surface area contributed by atoms with Crippen molar-refractivity contribution in [3.63, 3.8) is 0 Å². The summed E-state index contributed by atoms with van der Waals surface area (Å²) in [5.74, 6) is 1.87. The zero-order valence-electron chi connectivity index (χ0n) is 17.8. The number of hydrogen-bond acceptors (Lipinski definition) is 3.